The van der Waals surface area contributed by atoms with Gasteiger partial charge in [-0.25, -0.2) is 0 Å². The van der Waals surface area contributed by atoms with E-state index in [1.807, 2.05) is 6.08 Å². The molecule has 0 rings (SSSR count). The molecule has 162 valence electrons. The third kappa shape index (κ3) is 6.76. The Hall–Kier alpha value is -1.08. The first kappa shape index (κ1) is 26.9. The Morgan fingerprint density at radius 2 is 1.32 bits per heavy atom. The molecule has 0 radical (unpaired) electrons. The molecule has 0 saturated heterocycles. The predicted octanol–water partition coefficient (Wildman–Crippen LogP) is 6.64. The first-order valence-electron chi connectivity index (χ1n) is 11.1. The highest BCUT2D eigenvalue weighted by molar-refractivity contribution is 7.00. The van der Waals surface area contributed by atoms with Crippen molar-refractivity contribution >= 4 is 22.1 Å². The van der Waals surface area contributed by atoms with Gasteiger partial charge in [0.15, 0.2) is 0 Å². The number of carbonyl (C=O) groups is 1. The third-order valence-electron chi connectivity index (χ3n) is 7.07. The van der Waals surface area contributed by atoms with E-state index < -0.39 is 16.1 Å². The van der Waals surface area contributed by atoms with Crippen molar-refractivity contribution in [2.75, 3.05) is 20.7 Å². The van der Waals surface area contributed by atoms with Gasteiger partial charge in [0.2, 0.25) is 5.91 Å². The SMILES string of the molecule is C=CCOC(=C\C([Si](CC)(CC)CC)[Si](CC)(CC)CC)/C=C/C(=O)N(C)C. The number of hydrogen-bond acceptors (Lipinski definition) is 2. The molecule has 0 saturated carbocycles. The average molecular weight is 424 g/mol. The fraction of sp³-hybridized carbons (Fsp3) is 0.696. The number of allylic oxidation sites excluding steroid dienone is 2. The average Bonchev–Trinajstić information content (AvgIpc) is 2.72. The summed E-state index contributed by atoms with van der Waals surface area (Å²) in [5.41, 5.74) is 0. The molecule has 0 bridgehead atoms. The molecule has 0 spiro atoms. The van der Waals surface area contributed by atoms with E-state index in [1.54, 1.807) is 31.1 Å². The highest BCUT2D eigenvalue weighted by Gasteiger charge is 2.47. The van der Waals surface area contributed by atoms with Crippen molar-refractivity contribution in [2.45, 2.75) is 83.0 Å². The van der Waals surface area contributed by atoms with Crippen molar-refractivity contribution in [3.8, 4) is 0 Å². The normalized spacial score (nSPS) is 13.2. The van der Waals surface area contributed by atoms with E-state index in [9.17, 15) is 4.79 Å². The molecule has 0 fully saturated rings. The fourth-order valence-corrected chi connectivity index (χ4v) is 20.1. The van der Waals surface area contributed by atoms with E-state index in [2.05, 4.69) is 54.2 Å². The van der Waals surface area contributed by atoms with Crippen LogP contribution < -0.4 is 0 Å². The van der Waals surface area contributed by atoms with E-state index >= 15 is 0 Å². The molecular weight excluding hydrogens is 378 g/mol. The molecule has 1 amide bonds. The van der Waals surface area contributed by atoms with Gasteiger partial charge in [-0.05, 0) is 17.3 Å². The Morgan fingerprint density at radius 3 is 1.64 bits per heavy atom. The number of likely N-dealkylation sites (N-methyl/N-ethyl adjacent to an activating group) is 1. The van der Waals surface area contributed by atoms with Crippen LogP contribution in [0.5, 0.6) is 0 Å². The molecule has 0 aliphatic rings. The molecule has 28 heavy (non-hydrogen) atoms. The summed E-state index contributed by atoms with van der Waals surface area (Å²) >= 11 is 0. The number of ether oxygens (including phenoxy) is 1. The molecule has 0 aromatic carbocycles. The summed E-state index contributed by atoms with van der Waals surface area (Å²) in [6, 6.07) is 7.86. The second-order valence-corrected chi connectivity index (χ2v) is 19.6. The van der Waals surface area contributed by atoms with Crippen molar-refractivity contribution in [1.82, 2.24) is 4.90 Å². The lowest BCUT2D eigenvalue weighted by atomic mass is 10.3. The summed E-state index contributed by atoms with van der Waals surface area (Å²) in [5, 5.41) is 0.666. The molecule has 0 aliphatic heterocycles. The van der Waals surface area contributed by atoms with Crippen LogP contribution in [0, 0.1) is 0 Å². The maximum Gasteiger partial charge on any atom is 0.246 e. The van der Waals surface area contributed by atoms with Gasteiger partial charge in [0.25, 0.3) is 0 Å². The molecule has 0 unspecified atom stereocenters. The highest BCUT2D eigenvalue weighted by Crippen LogP contribution is 2.46. The Balaban J connectivity index is 6.44. The summed E-state index contributed by atoms with van der Waals surface area (Å²) < 4.78 is 6.04. The standard InChI is InChI=1S/C23H45NO2Si2/c1-10-19-26-21(17-18-22(25)24(8)9)20-23(27(11-2,12-3)13-4)28(14-5,15-6)16-7/h10,17-18,20,23H,1,11-16,19H2,2-9H3/b18-17+,21-20-. The van der Waals surface area contributed by atoms with Gasteiger partial charge in [0, 0.05) is 20.2 Å². The van der Waals surface area contributed by atoms with Gasteiger partial charge in [-0.1, -0.05) is 90.5 Å². The van der Waals surface area contributed by atoms with E-state index in [0.717, 1.165) is 5.76 Å². The summed E-state index contributed by atoms with van der Waals surface area (Å²) in [6.45, 7) is 18.7. The van der Waals surface area contributed by atoms with Crippen LogP contribution in [-0.4, -0.2) is 47.7 Å². The lowest BCUT2D eigenvalue weighted by molar-refractivity contribution is -0.123. The van der Waals surface area contributed by atoms with Crippen LogP contribution in [0.3, 0.4) is 0 Å². The number of rotatable bonds is 14. The molecule has 0 aromatic rings. The topological polar surface area (TPSA) is 29.5 Å². The van der Waals surface area contributed by atoms with Crippen molar-refractivity contribution in [2.24, 2.45) is 0 Å². The van der Waals surface area contributed by atoms with Crippen LogP contribution in [0.25, 0.3) is 0 Å². The summed E-state index contributed by atoms with van der Waals surface area (Å²) in [6.07, 6.45) is 7.72. The molecule has 0 atom stereocenters. The molecule has 0 heterocycles. The van der Waals surface area contributed by atoms with Crippen molar-refractivity contribution in [3.63, 3.8) is 0 Å². The number of nitrogens with zero attached hydrogens (tertiary/aromatic N) is 1. The van der Waals surface area contributed by atoms with Gasteiger partial charge >= 0.3 is 0 Å². The van der Waals surface area contributed by atoms with E-state index in [1.165, 1.54) is 36.3 Å². The van der Waals surface area contributed by atoms with Crippen molar-refractivity contribution in [3.05, 3.63) is 36.6 Å². The minimum atomic E-state index is -1.47. The summed E-state index contributed by atoms with van der Waals surface area (Å²) in [7, 11) is 0.597. The van der Waals surface area contributed by atoms with Crippen LogP contribution in [0.1, 0.15) is 41.5 Å². The first-order valence-corrected chi connectivity index (χ1v) is 16.5. The molecule has 5 heteroatoms. The molecule has 0 aromatic heterocycles. The van der Waals surface area contributed by atoms with Gasteiger partial charge < -0.3 is 9.64 Å². The predicted molar refractivity (Wildman–Crippen MR) is 130 cm³/mol. The Morgan fingerprint density at radius 1 is 0.893 bits per heavy atom. The maximum atomic E-state index is 12.1. The van der Waals surface area contributed by atoms with Crippen molar-refractivity contribution < 1.29 is 9.53 Å². The van der Waals surface area contributed by atoms with Crippen LogP contribution in [0.15, 0.2) is 36.6 Å². The second-order valence-electron chi connectivity index (χ2n) is 8.06. The van der Waals surface area contributed by atoms with Gasteiger partial charge in [0.1, 0.15) is 12.4 Å². The number of hydrogen-bond donors (Lipinski definition) is 0. The van der Waals surface area contributed by atoms with E-state index in [4.69, 9.17) is 4.74 Å². The zero-order valence-electron chi connectivity index (χ0n) is 19.8. The minimum absolute atomic E-state index is 0.0142. The third-order valence-corrected chi connectivity index (χ3v) is 22.2. The van der Waals surface area contributed by atoms with Gasteiger partial charge in [-0.15, -0.1) is 0 Å². The van der Waals surface area contributed by atoms with E-state index in [0.29, 0.717) is 11.8 Å². The van der Waals surface area contributed by atoms with Crippen LogP contribution in [-0.2, 0) is 9.53 Å². The lowest BCUT2D eigenvalue weighted by Gasteiger charge is -2.47. The summed E-state index contributed by atoms with van der Waals surface area (Å²) in [4.78, 5) is 13.7. The lowest BCUT2D eigenvalue weighted by Crippen LogP contribution is -2.52. The molecule has 0 N–H and O–H groups in total. The summed E-state index contributed by atoms with van der Waals surface area (Å²) in [5.74, 6) is 0.833. The van der Waals surface area contributed by atoms with Crippen LogP contribution >= 0.6 is 0 Å². The quantitative estimate of drug-likeness (QED) is 0.103. The first-order chi connectivity index (χ1) is 13.3. The minimum Gasteiger partial charge on any atom is -0.490 e. The second kappa shape index (κ2) is 13.2. The van der Waals surface area contributed by atoms with Crippen LogP contribution in [0.4, 0.5) is 0 Å². The van der Waals surface area contributed by atoms with Crippen molar-refractivity contribution in [1.29, 1.82) is 0 Å². The molecule has 3 nitrogen and oxygen atoms in total. The molecule has 0 aliphatic carbocycles. The zero-order valence-corrected chi connectivity index (χ0v) is 21.8. The molecular formula is C23H45NO2Si2. The Labute approximate surface area is 176 Å². The highest BCUT2D eigenvalue weighted by atomic mass is 28.4. The zero-order chi connectivity index (χ0) is 21.8. The van der Waals surface area contributed by atoms with Crippen LogP contribution in [0.2, 0.25) is 41.4 Å². The maximum absolute atomic E-state index is 12.1. The largest absolute Gasteiger partial charge is 0.490 e. The van der Waals surface area contributed by atoms with Gasteiger partial charge in [-0.2, -0.15) is 0 Å². The Bertz CT molecular complexity index is 496. The Kier molecular flexibility index (Phi) is 12.7. The van der Waals surface area contributed by atoms with E-state index in [-0.39, 0.29) is 5.91 Å². The number of amides is 1. The monoisotopic (exact) mass is 423 g/mol. The smallest absolute Gasteiger partial charge is 0.246 e. The van der Waals surface area contributed by atoms with Gasteiger partial charge in [0.05, 0.1) is 16.1 Å². The fourth-order valence-electron chi connectivity index (χ4n) is 4.60. The van der Waals surface area contributed by atoms with Gasteiger partial charge in [-0.3, -0.25) is 4.79 Å². The number of carbonyl (C=O) groups excluding carboxylic acids is 1.